The molecule has 1 aliphatic carbocycles. The molecule has 7 heteroatoms. The van der Waals surface area contributed by atoms with Gasteiger partial charge in [-0.1, -0.05) is 19.8 Å². The maximum Gasteiger partial charge on any atom is 0.287 e. The third-order valence-electron chi connectivity index (χ3n) is 4.06. The maximum atomic E-state index is 11.9. The van der Waals surface area contributed by atoms with Crippen LogP contribution in [0, 0.1) is 5.92 Å². The van der Waals surface area contributed by atoms with Crippen molar-refractivity contribution >= 4 is 17.7 Å². The summed E-state index contributed by atoms with van der Waals surface area (Å²) in [6.07, 6.45) is 5.82. The number of nitrogens with one attached hydrogen (secondary N) is 3. The van der Waals surface area contributed by atoms with Gasteiger partial charge in [0.15, 0.2) is 5.76 Å². The van der Waals surface area contributed by atoms with Crippen LogP contribution in [0.3, 0.4) is 0 Å². The van der Waals surface area contributed by atoms with Crippen LogP contribution in [0.2, 0.25) is 0 Å². The smallest absolute Gasteiger partial charge is 0.287 e. The van der Waals surface area contributed by atoms with E-state index in [-0.39, 0.29) is 30.8 Å². The zero-order valence-corrected chi connectivity index (χ0v) is 13.3. The number of carbonyl (C=O) groups is 3. The average molecular weight is 321 g/mol. The highest BCUT2D eigenvalue weighted by atomic mass is 16.3. The highest BCUT2D eigenvalue weighted by Gasteiger charge is 2.22. The summed E-state index contributed by atoms with van der Waals surface area (Å²) >= 11 is 0. The van der Waals surface area contributed by atoms with Crippen LogP contribution in [0.25, 0.3) is 0 Å². The third-order valence-corrected chi connectivity index (χ3v) is 4.06. The molecule has 1 heterocycles. The molecule has 1 aromatic rings. The zero-order chi connectivity index (χ0) is 16.7. The van der Waals surface area contributed by atoms with Gasteiger partial charge in [0, 0.05) is 6.04 Å². The van der Waals surface area contributed by atoms with Crippen molar-refractivity contribution in [3.63, 3.8) is 0 Å². The Morgan fingerprint density at radius 1 is 1.13 bits per heavy atom. The lowest BCUT2D eigenvalue weighted by Crippen LogP contribution is -2.47. The standard InChI is InChI=1S/C16H23N3O4/c1-11-5-2-3-6-12(11)19-15(21)10-17-14(20)9-18-16(22)13-7-4-8-23-13/h4,7-8,11-12H,2-3,5-6,9-10H2,1H3,(H,17,20)(H,18,22)(H,19,21)/t11-,12+/m0/s1. The Bertz CT molecular complexity index is 542. The van der Waals surface area contributed by atoms with E-state index in [1.807, 2.05) is 0 Å². The number of amides is 3. The molecular formula is C16H23N3O4. The fraction of sp³-hybridized carbons (Fsp3) is 0.562. The quantitative estimate of drug-likeness (QED) is 0.722. The molecule has 0 unspecified atom stereocenters. The lowest BCUT2D eigenvalue weighted by Gasteiger charge is -2.29. The molecule has 3 amide bonds. The van der Waals surface area contributed by atoms with Crippen LogP contribution in [0.5, 0.6) is 0 Å². The van der Waals surface area contributed by atoms with E-state index in [4.69, 9.17) is 4.42 Å². The normalized spacial score (nSPS) is 20.6. The number of carbonyl (C=O) groups excluding carboxylic acids is 3. The van der Waals surface area contributed by atoms with E-state index < -0.39 is 11.8 Å². The van der Waals surface area contributed by atoms with Crippen molar-refractivity contribution in [2.45, 2.75) is 38.6 Å². The average Bonchev–Trinajstić information content (AvgIpc) is 3.07. The van der Waals surface area contributed by atoms with Crippen LogP contribution in [0.4, 0.5) is 0 Å². The first-order chi connectivity index (χ1) is 11.1. The number of hydrogen-bond donors (Lipinski definition) is 3. The predicted octanol–water partition coefficient (Wildman–Crippen LogP) is 0.821. The van der Waals surface area contributed by atoms with E-state index in [1.165, 1.54) is 18.8 Å². The monoisotopic (exact) mass is 321 g/mol. The Kier molecular flexibility index (Phi) is 6.19. The van der Waals surface area contributed by atoms with Crippen molar-refractivity contribution in [2.24, 2.45) is 5.92 Å². The van der Waals surface area contributed by atoms with Gasteiger partial charge in [-0.25, -0.2) is 0 Å². The minimum Gasteiger partial charge on any atom is -0.459 e. The summed E-state index contributed by atoms with van der Waals surface area (Å²) in [5.41, 5.74) is 0. The van der Waals surface area contributed by atoms with Gasteiger partial charge in [0.05, 0.1) is 19.4 Å². The summed E-state index contributed by atoms with van der Waals surface area (Å²) < 4.78 is 4.91. The van der Waals surface area contributed by atoms with Gasteiger partial charge in [-0.15, -0.1) is 0 Å². The van der Waals surface area contributed by atoms with E-state index >= 15 is 0 Å². The molecule has 2 atom stereocenters. The van der Waals surface area contributed by atoms with Crippen molar-refractivity contribution in [1.29, 1.82) is 0 Å². The summed E-state index contributed by atoms with van der Waals surface area (Å²) in [6, 6.07) is 3.28. The van der Waals surface area contributed by atoms with Crippen LogP contribution in [-0.2, 0) is 9.59 Å². The van der Waals surface area contributed by atoms with Gasteiger partial charge in [0.1, 0.15) is 0 Å². The first-order valence-electron chi connectivity index (χ1n) is 7.94. The molecule has 1 fully saturated rings. The number of furan rings is 1. The van der Waals surface area contributed by atoms with Crippen LogP contribution in [0.1, 0.15) is 43.2 Å². The molecule has 126 valence electrons. The van der Waals surface area contributed by atoms with Crippen molar-refractivity contribution in [3.05, 3.63) is 24.2 Å². The predicted molar refractivity (Wildman–Crippen MR) is 83.6 cm³/mol. The van der Waals surface area contributed by atoms with Crippen molar-refractivity contribution in [3.8, 4) is 0 Å². The summed E-state index contributed by atoms with van der Waals surface area (Å²) in [7, 11) is 0. The molecule has 7 nitrogen and oxygen atoms in total. The van der Waals surface area contributed by atoms with Crippen LogP contribution in [0.15, 0.2) is 22.8 Å². The van der Waals surface area contributed by atoms with Gasteiger partial charge in [0.2, 0.25) is 11.8 Å². The second-order valence-electron chi connectivity index (χ2n) is 5.87. The van der Waals surface area contributed by atoms with Crippen LogP contribution < -0.4 is 16.0 Å². The van der Waals surface area contributed by atoms with Gasteiger partial charge >= 0.3 is 0 Å². The molecule has 0 bridgehead atoms. The Morgan fingerprint density at radius 3 is 2.57 bits per heavy atom. The highest BCUT2D eigenvalue weighted by molar-refractivity contribution is 5.94. The number of hydrogen-bond acceptors (Lipinski definition) is 4. The first kappa shape index (κ1) is 17.1. The van der Waals surface area contributed by atoms with Crippen molar-refractivity contribution < 1.29 is 18.8 Å². The molecule has 1 aromatic heterocycles. The molecule has 3 N–H and O–H groups in total. The summed E-state index contributed by atoms with van der Waals surface area (Å²) in [6.45, 7) is 1.85. The fourth-order valence-electron chi connectivity index (χ4n) is 2.69. The topological polar surface area (TPSA) is 100 Å². The third kappa shape index (κ3) is 5.43. The lowest BCUT2D eigenvalue weighted by molar-refractivity contribution is -0.126. The molecule has 0 radical (unpaired) electrons. The Labute approximate surface area is 135 Å². The molecule has 0 saturated heterocycles. The lowest BCUT2D eigenvalue weighted by atomic mass is 9.86. The Morgan fingerprint density at radius 2 is 1.87 bits per heavy atom. The summed E-state index contributed by atoms with van der Waals surface area (Å²) in [4.78, 5) is 35.1. The van der Waals surface area contributed by atoms with Gasteiger partial charge < -0.3 is 20.4 Å². The van der Waals surface area contributed by atoms with Gasteiger partial charge in [-0.3, -0.25) is 14.4 Å². The van der Waals surface area contributed by atoms with E-state index in [1.54, 1.807) is 6.07 Å². The van der Waals surface area contributed by atoms with Gasteiger partial charge in [-0.2, -0.15) is 0 Å². The summed E-state index contributed by atoms with van der Waals surface area (Å²) in [5, 5.41) is 7.87. The van der Waals surface area contributed by atoms with E-state index in [0.29, 0.717) is 5.92 Å². The van der Waals surface area contributed by atoms with E-state index in [2.05, 4.69) is 22.9 Å². The molecule has 0 aromatic carbocycles. The van der Waals surface area contributed by atoms with E-state index in [0.717, 1.165) is 19.3 Å². The molecule has 2 rings (SSSR count). The first-order valence-corrected chi connectivity index (χ1v) is 7.94. The zero-order valence-electron chi connectivity index (χ0n) is 13.3. The molecular weight excluding hydrogens is 298 g/mol. The van der Waals surface area contributed by atoms with Crippen LogP contribution >= 0.6 is 0 Å². The van der Waals surface area contributed by atoms with Gasteiger partial charge in [-0.05, 0) is 30.9 Å². The second-order valence-corrected chi connectivity index (χ2v) is 5.87. The molecule has 0 aliphatic heterocycles. The van der Waals surface area contributed by atoms with Crippen LogP contribution in [-0.4, -0.2) is 36.9 Å². The highest BCUT2D eigenvalue weighted by Crippen LogP contribution is 2.23. The largest absolute Gasteiger partial charge is 0.459 e. The second kappa shape index (κ2) is 8.36. The fourth-order valence-corrected chi connectivity index (χ4v) is 2.69. The minimum atomic E-state index is -0.467. The SMILES string of the molecule is C[C@H]1CCCC[C@H]1NC(=O)CNC(=O)CNC(=O)c1ccco1. The maximum absolute atomic E-state index is 11.9. The summed E-state index contributed by atoms with van der Waals surface area (Å²) in [5.74, 6) is -0.477. The number of rotatable bonds is 6. The molecule has 0 spiro atoms. The Balaban J connectivity index is 1.63. The van der Waals surface area contributed by atoms with Crippen molar-refractivity contribution in [1.82, 2.24) is 16.0 Å². The minimum absolute atomic E-state index is 0.0846. The molecule has 1 aliphatic rings. The Hall–Kier alpha value is -2.31. The van der Waals surface area contributed by atoms with E-state index in [9.17, 15) is 14.4 Å². The van der Waals surface area contributed by atoms with Crippen molar-refractivity contribution in [2.75, 3.05) is 13.1 Å². The molecule has 1 saturated carbocycles. The molecule has 23 heavy (non-hydrogen) atoms. The van der Waals surface area contributed by atoms with Gasteiger partial charge in [0.25, 0.3) is 5.91 Å².